The number of likely N-dealkylation sites (tertiary alicyclic amines) is 1. The van der Waals surface area contributed by atoms with Gasteiger partial charge in [0.15, 0.2) is 11.4 Å². The fourth-order valence-corrected chi connectivity index (χ4v) is 5.64. The number of nitrogens with zero attached hydrogens (tertiary/aromatic N) is 5. The zero-order chi connectivity index (χ0) is 27.4. The number of anilines is 1. The molecule has 0 saturated carbocycles. The van der Waals surface area contributed by atoms with Gasteiger partial charge in [-0.2, -0.15) is 5.26 Å². The van der Waals surface area contributed by atoms with Crippen LogP contribution in [-0.4, -0.2) is 74.4 Å². The van der Waals surface area contributed by atoms with Crippen molar-refractivity contribution in [3.8, 4) is 6.07 Å². The number of rotatable bonds is 4. The molecule has 5 rings (SSSR count). The fraction of sp³-hybridized carbons (Fsp3) is 0.200. The van der Waals surface area contributed by atoms with Gasteiger partial charge < -0.3 is 19.9 Å². The number of nitrogens with one attached hydrogen (secondary N) is 1. The standard InChI is InChI=1S/C25H18Cl2N6O5/c1-31-24(38)33(17-7-15(26)6-16(27)8-17)23(37)25(31)11-32(21(34)19-20(22(35)36)30-12-29-19)10-18(25)14-4-2-13(9-28)3-5-14/h2-8,12,18H,10-11H2,1H3,(H,29,30)(H,35,36). The van der Waals surface area contributed by atoms with Gasteiger partial charge in [-0.15, -0.1) is 0 Å². The van der Waals surface area contributed by atoms with E-state index >= 15 is 0 Å². The molecule has 1 aromatic heterocycles. The highest BCUT2D eigenvalue weighted by molar-refractivity contribution is 6.36. The quantitative estimate of drug-likeness (QED) is 0.471. The van der Waals surface area contributed by atoms with Crippen LogP contribution in [0.4, 0.5) is 10.5 Å². The van der Waals surface area contributed by atoms with Crippen LogP contribution in [0.25, 0.3) is 0 Å². The molecule has 0 aliphatic carbocycles. The molecule has 2 saturated heterocycles. The lowest BCUT2D eigenvalue weighted by atomic mass is 9.80. The Labute approximate surface area is 225 Å². The van der Waals surface area contributed by atoms with E-state index in [1.807, 2.05) is 6.07 Å². The number of amides is 4. The van der Waals surface area contributed by atoms with Gasteiger partial charge in [-0.05, 0) is 35.9 Å². The summed E-state index contributed by atoms with van der Waals surface area (Å²) in [5, 5.41) is 19.1. The maximum atomic E-state index is 14.2. The molecule has 2 unspecified atom stereocenters. The number of carbonyl (C=O) groups excluding carboxylic acids is 3. The number of aromatic amines is 1. The molecule has 0 bridgehead atoms. The molecule has 2 atom stereocenters. The highest BCUT2D eigenvalue weighted by Gasteiger charge is 2.65. The minimum absolute atomic E-state index is 0.0237. The third-order valence-corrected chi connectivity index (χ3v) is 7.39. The second-order valence-electron chi connectivity index (χ2n) is 8.94. The third-order valence-electron chi connectivity index (χ3n) is 6.95. The van der Waals surface area contributed by atoms with E-state index in [0.29, 0.717) is 11.1 Å². The van der Waals surface area contributed by atoms with Crippen molar-refractivity contribution in [2.75, 3.05) is 25.0 Å². The number of imide groups is 1. The molecule has 192 valence electrons. The van der Waals surface area contributed by atoms with Gasteiger partial charge in [0.05, 0.1) is 30.2 Å². The smallest absolute Gasteiger partial charge is 0.354 e. The van der Waals surface area contributed by atoms with Crippen LogP contribution in [0.15, 0.2) is 48.8 Å². The maximum absolute atomic E-state index is 14.2. The second kappa shape index (κ2) is 9.16. The number of hydrogen-bond acceptors (Lipinski definition) is 6. The number of benzene rings is 2. The molecular weight excluding hydrogens is 535 g/mol. The number of carboxylic acid groups (broad SMARTS) is 1. The van der Waals surface area contributed by atoms with Crippen molar-refractivity contribution in [1.29, 1.82) is 5.26 Å². The van der Waals surface area contributed by atoms with Gasteiger partial charge in [0.2, 0.25) is 0 Å². The monoisotopic (exact) mass is 552 g/mol. The minimum atomic E-state index is -1.55. The molecule has 13 heteroatoms. The van der Waals surface area contributed by atoms with Crippen LogP contribution in [0.5, 0.6) is 0 Å². The number of urea groups is 1. The highest BCUT2D eigenvalue weighted by Crippen LogP contribution is 2.47. The Hall–Kier alpha value is -4.40. The molecule has 2 fully saturated rings. The van der Waals surface area contributed by atoms with Gasteiger partial charge in [-0.1, -0.05) is 35.3 Å². The topological polar surface area (TPSA) is 151 Å². The predicted octanol–water partition coefficient (Wildman–Crippen LogP) is 3.36. The third kappa shape index (κ3) is 3.77. The number of carbonyl (C=O) groups is 4. The lowest BCUT2D eigenvalue weighted by molar-refractivity contribution is -0.124. The molecule has 38 heavy (non-hydrogen) atoms. The van der Waals surface area contributed by atoms with Gasteiger partial charge in [0, 0.05) is 29.6 Å². The van der Waals surface area contributed by atoms with Crippen molar-refractivity contribution in [2.24, 2.45) is 0 Å². The number of imidazole rings is 1. The Bertz CT molecular complexity index is 1530. The molecule has 2 N–H and O–H groups in total. The number of likely N-dealkylation sites (N-methyl/N-ethyl adjacent to an activating group) is 1. The van der Waals surface area contributed by atoms with Crippen molar-refractivity contribution >= 4 is 52.7 Å². The largest absolute Gasteiger partial charge is 0.477 e. The van der Waals surface area contributed by atoms with Crippen LogP contribution < -0.4 is 4.90 Å². The molecule has 2 aliphatic heterocycles. The van der Waals surface area contributed by atoms with Crippen molar-refractivity contribution in [1.82, 2.24) is 19.8 Å². The van der Waals surface area contributed by atoms with Gasteiger partial charge in [-0.3, -0.25) is 9.59 Å². The zero-order valence-corrected chi connectivity index (χ0v) is 21.2. The normalized spacial score (nSPS) is 20.9. The van der Waals surface area contributed by atoms with Crippen LogP contribution >= 0.6 is 23.2 Å². The summed E-state index contributed by atoms with van der Waals surface area (Å²) in [6, 6.07) is 12.2. The SMILES string of the molecule is CN1C(=O)N(c2cc(Cl)cc(Cl)c2)C(=O)C12CN(C(=O)c1nc[nH]c1C(=O)O)CC2c1ccc(C#N)cc1. The van der Waals surface area contributed by atoms with E-state index in [2.05, 4.69) is 9.97 Å². The average molecular weight is 553 g/mol. The van der Waals surface area contributed by atoms with E-state index in [4.69, 9.17) is 23.2 Å². The Morgan fingerprint density at radius 3 is 2.42 bits per heavy atom. The molecule has 3 heterocycles. The Balaban J connectivity index is 1.62. The average Bonchev–Trinajstić information content (AvgIpc) is 3.57. The van der Waals surface area contributed by atoms with E-state index in [1.165, 1.54) is 35.0 Å². The Morgan fingerprint density at radius 1 is 1.16 bits per heavy atom. The van der Waals surface area contributed by atoms with Crippen molar-refractivity contribution < 1.29 is 24.3 Å². The summed E-state index contributed by atoms with van der Waals surface area (Å²) >= 11 is 12.3. The second-order valence-corrected chi connectivity index (χ2v) is 9.81. The number of aromatic carboxylic acids is 1. The summed E-state index contributed by atoms with van der Waals surface area (Å²) in [5.74, 6) is -3.39. The molecule has 2 aliphatic rings. The van der Waals surface area contributed by atoms with E-state index in [0.717, 1.165) is 11.2 Å². The number of halogens is 2. The lowest BCUT2D eigenvalue weighted by Crippen LogP contribution is -2.54. The first-order valence-corrected chi connectivity index (χ1v) is 12.0. The van der Waals surface area contributed by atoms with E-state index in [9.17, 15) is 29.5 Å². The maximum Gasteiger partial charge on any atom is 0.354 e. The molecule has 2 aromatic carbocycles. The lowest BCUT2D eigenvalue weighted by Gasteiger charge is -2.33. The molecular formula is C25H18Cl2N6O5. The Kier molecular flexibility index (Phi) is 6.09. The summed E-state index contributed by atoms with van der Waals surface area (Å²) in [7, 11) is 1.47. The van der Waals surface area contributed by atoms with Crippen LogP contribution in [0.3, 0.4) is 0 Å². The highest BCUT2D eigenvalue weighted by atomic mass is 35.5. The minimum Gasteiger partial charge on any atom is -0.477 e. The molecule has 1 spiro atoms. The summed E-state index contributed by atoms with van der Waals surface area (Å²) in [6.07, 6.45) is 1.10. The van der Waals surface area contributed by atoms with Crippen LogP contribution in [0, 0.1) is 11.3 Å². The van der Waals surface area contributed by atoms with Crippen LogP contribution in [0.1, 0.15) is 38.0 Å². The Morgan fingerprint density at radius 2 is 1.82 bits per heavy atom. The van der Waals surface area contributed by atoms with Gasteiger partial charge in [0.1, 0.15) is 5.54 Å². The number of aromatic nitrogens is 2. The first kappa shape index (κ1) is 25.3. The summed E-state index contributed by atoms with van der Waals surface area (Å²) < 4.78 is 0. The fourth-order valence-electron chi connectivity index (χ4n) is 5.13. The van der Waals surface area contributed by atoms with Crippen molar-refractivity contribution in [3.63, 3.8) is 0 Å². The van der Waals surface area contributed by atoms with Crippen LogP contribution in [-0.2, 0) is 4.79 Å². The van der Waals surface area contributed by atoms with E-state index in [1.54, 1.807) is 24.3 Å². The first-order valence-electron chi connectivity index (χ1n) is 11.2. The van der Waals surface area contributed by atoms with Crippen molar-refractivity contribution in [2.45, 2.75) is 11.5 Å². The molecule has 4 amide bonds. The molecule has 11 nitrogen and oxygen atoms in total. The summed E-state index contributed by atoms with van der Waals surface area (Å²) in [6.45, 7) is -0.252. The van der Waals surface area contributed by atoms with Gasteiger partial charge >= 0.3 is 12.0 Å². The van der Waals surface area contributed by atoms with E-state index < -0.39 is 35.3 Å². The van der Waals surface area contributed by atoms with E-state index in [-0.39, 0.29) is 40.2 Å². The summed E-state index contributed by atoms with van der Waals surface area (Å²) in [5.41, 5.74) is -1.07. The number of hydrogen-bond donors (Lipinski definition) is 2. The zero-order valence-electron chi connectivity index (χ0n) is 19.7. The van der Waals surface area contributed by atoms with Crippen molar-refractivity contribution in [3.05, 3.63) is 81.4 Å². The molecule has 3 aromatic rings. The summed E-state index contributed by atoms with van der Waals surface area (Å²) in [4.78, 5) is 62.6. The van der Waals surface area contributed by atoms with Crippen LogP contribution in [0.2, 0.25) is 10.0 Å². The molecule has 0 radical (unpaired) electrons. The van der Waals surface area contributed by atoms with Gasteiger partial charge in [0.25, 0.3) is 11.8 Å². The number of nitriles is 1. The predicted molar refractivity (Wildman–Crippen MR) is 135 cm³/mol. The number of H-pyrrole nitrogens is 1. The van der Waals surface area contributed by atoms with Gasteiger partial charge in [-0.25, -0.2) is 19.5 Å². The number of carboxylic acids is 1. The first-order chi connectivity index (χ1) is 18.1.